The Bertz CT molecular complexity index is 682. The highest BCUT2D eigenvalue weighted by molar-refractivity contribution is 7.99. The molecule has 1 aliphatic carbocycles. The van der Waals surface area contributed by atoms with Crippen LogP contribution in [0.4, 0.5) is 0 Å². The van der Waals surface area contributed by atoms with E-state index in [0.717, 1.165) is 28.6 Å². The summed E-state index contributed by atoms with van der Waals surface area (Å²) in [7, 11) is 0. The normalized spacial score (nSPS) is 15.4. The van der Waals surface area contributed by atoms with Crippen LogP contribution < -0.4 is 5.32 Å². The number of carbonyl (C=O) groups excluding carboxylic acids is 1. The van der Waals surface area contributed by atoms with Gasteiger partial charge in [0.15, 0.2) is 5.16 Å². The molecule has 1 fully saturated rings. The van der Waals surface area contributed by atoms with E-state index in [4.69, 9.17) is 11.6 Å². The predicted molar refractivity (Wildman–Crippen MR) is 98.5 cm³/mol. The molecular weight excluding hydrogens is 342 g/mol. The Labute approximate surface area is 152 Å². The van der Waals surface area contributed by atoms with E-state index in [1.807, 2.05) is 35.0 Å². The van der Waals surface area contributed by atoms with Crippen LogP contribution in [0.2, 0.25) is 5.02 Å². The maximum atomic E-state index is 12.1. The zero-order valence-corrected chi connectivity index (χ0v) is 15.2. The third-order valence-electron chi connectivity index (χ3n) is 4.28. The zero-order chi connectivity index (χ0) is 16.8. The number of imidazole rings is 1. The summed E-state index contributed by atoms with van der Waals surface area (Å²) < 4.78 is 2.03. The lowest BCUT2D eigenvalue weighted by Gasteiger charge is -2.22. The van der Waals surface area contributed by atoms with Crippen LogP contribution in [-0.2, 0) is 11.3 Å². The van der Waals surface area contributed by atoms with Gasteiger partial charge in [-0.3, -0.25) is 4.79 Å². The minimum absolute atomic E-state index is 0.0965. The Hall–Kier alpha value is -1.46. The molecule has 2 aromatic rings. The number of carbonyl (C=O) groups is 1. The van der Waals surface area contributed by atoms with Crippen molar-refractivity contribution in [1.82, 2.24) is 14.9 Å². The van der Waals surface area contributed by atoms with Crippen LogP contribution in [0.5, 0.6) is 0 Å². The van der Waals surface area contributed by atoms with Crippen molar-refractivity contribution in [3.05, 3.63) is 47.2 Å². The summed E-state index contributed by atoms with van der Waals surface area (Å²) in [6.07, 6.45) is 9.64. The van der Waals surface area contributed by atoms with Gasteiger partial charge in [-0.15, -0.1) is 0 Å². The number of halogens is 1. The fraction of sp³-hybridized carbons (Fsp3) is 0.444. The van der Waals surface area contributed by atoms with Gasteiger partial charge in [-0.25, -0.2) is 4.98 Å². The van der Waals surface area contributed by atoms with E-state index in [2.05, 4.69) is 10.3 Å². The maximum Gasteiger partial charge on any atom is 0.230 e. The van der Waals surface area contributed by atoms with Gasteiger partial charge in [0.1, 0.15) is 0 Å². The molecule has 6 heteroatoms. The highest BCUT2D eigenvalue weighted by atomic mass is 35.5. The molecule has 24 heavy (non-hydrogen) atoms. The van der Waals surface area contributed by atoms with Crippen molar-refractivity contribution in [1.29, 1.82) is 0 Å². The summed E-state index contributed by atoms with van der Waals surface area (Å²) in [5.74, 6) is 0.495. The van der Waals surface area contributed by atoms with Gasteiger partial charge in [-0.2, -0.15) is 0 Å². The van der Waals surface area contributed by atoms with Crippen LogP contribution in [0.3, 0.4) is 0 Å². The van der Waals surface area contributed by atoms with Gasteiger partial charge in [0.25, 0.3) is 0 Å². The Morgan fingerprint density at radius 3 is 2.88 bits per heavy atom. The van der Waals surface area contributed by atoms with Crippen molar-refractivity contribution in [3.8, 4) is 0 Å². The Morgan fingerprint density at radius 2 is 2.08 bits per heavy atom. The highest BCUT2D eigenvalue weighted by Crippen LogP contribution is 2.21. The zero-order valence-electron chi connectivity index (χ0n) is 13.6. The molecule has 0 atom stereocenters. The van der Waals surface area contributed by atoms with Gasteiger partial charge >= 0.3 is 0 Å². The molecule has 1 N–H and O–H groups in total. The van der Waals surface area contributed by atoms with Crippen molar-refractivity contribution >= 4 is 29.3 Å². The van der Waals surface area contributed by atoms with Crippen molar-refractivity contribution in [2.45, 2.75) is 49.8 Å². The molecule has 1 aromatic carbocycles. The third-order valence-corrected chi connectivity index (χ3v) is 5.65. The van der Waals surface area contributed by atoms with E-state index in [9.17, 15) is 4.79 Å². The Morgan fingerprint density at radius 1 is 1.29 bits per heavy atom. The van der Waals surface area contributed by atoms with Crippen molar-refractivity contribution < 1.29 is 4.79 Å². The monoisotopic (exact) mass is 363 g/mol. The topological polar surface area (TPSA) is 46.9 Å². The van der Waals surface area contributed by atoms with E-state index in [0.29, 0.717) is 18.3 Å². The summed E-state index contributed by atoms with van der Waals surface area (Å²) in [4.78, 5) is 16.5. The molecule has 0 saturated heterocycles. The second-order valence-electron chi connectivity index (χ2n) is 6.12. The molecule has 0 radical (unpaired) electrons. The number of hydrogen-bond acceptors (Lipinski definition) is 3. The Balaban J connectivity index is 1.53. The van der Waals surface area contributed by atoms with E-state index in [1.54, 1.807) is 6.20 Å². The van der Waals surface area contributed by atoms with E-state index < -0.39 is 0 Å². The summed E-state index contributed by atoms with van der Waals surface area (Å²) in [5.41, 5.74) is 1.05. The molecule has 0 spiro atoms. The lowest BCUT2D eigenvalue weighted by atomic mass is 9.95. The average molecular weight is 364 g/mol. The first kappa shape index (κ1) is 17.4. The minimum atomic E-state index is 0.0965. The quantitative estimate of drug-likeness (QED) is 0.785. The molecule has 1 aromatic heterocycles. The molecule has 0 unspecified atom stereocenters. The number of amides is 1. The van der Waals surface area contributed by atoms with Gasteiger partial charge in [0, 0.05) is 23.5 Å². The number of nitrogens with one attached hydrogen (secondary N) is 1. The lowest BCUT2D eigenvalue weighted by molar-refractivity contribution is -0.119. The lowest BCUT2D eigenvalue weighted by Crippen LogP contribution is -2.37. The van der Waals surface area contributed by atoms with Crippen LogP contribution in [-0.4, -0.2) is 27.3 Å². The molecule has 3 rings (SSSR count). The van der Waals surface area contributed by atoms with Crippen LogP contribution in [0.1, 0.15) is 37.7 Å². The van der Waals surface area contributed by atoms with Gasteiger partial charge in [-0.05, 0) is 24.5 Å². The predicted octanol–water partition coefficient (Wildman–Crippen LogP) is 4.13. The number of hydrogen-bond donors (Lipinski definition) is 1. The summed E-state index contributed by atoms with van der Waals surface area (Å²) in [6.45, 7) is 0.659. The number of nitrogens with zero attached hydrogens (tertiary/aromatic N) is 2. The molecule has 1 heterocycles. The van der Waals surface area contributed by atoms with E-state index in [1.165, 1.54) is 31.0 Å². The van der Waals surface area contributed by atoms with Gasteiger partial charge < -0.3 is 9.88 Å². The molecule has 0 aliphatic heterocycles. The second-order valence-corrected chi connectivity index (χ2v) is 7.47. The van der Waals surface area contributed by atoms with Crippen LogP contribution in [0, 0.1) is 0 Å². The van der Waals surface area contributed by atoms with Crippen molar-refractivity contribution in [2.75, 3.05) is 5.75 Å². The fourth-order valence-corrected chi connectivity index (χ4v) is 3.98. The van der Waals surface area contributed by atoms with E-state index in [-0.39, 0.29) is 5.91 Å². The molecular formula is C18H22ClN3OS. The highest BCUT2D eigenvalue weighted by Gasteiger charge is 2.16. The van der Waals surface area contributed by atoms with Crippen LogP contribution >= 0.6 is 23.4 Å². The van der Waals surface area contributed by atoms with E-state index >= 15 is 0 Å². The largest absolute Gasteiger partial charge is 0.353 e. The van der Waals surface area contributed by atoms with Crippen molar-refractivity contribution in [3.63, 3.8) is 0 Å². The summed E-state index contributed by atoms with van der Waals surface area (Å²) in [6, 6.07) is 8.15. The SMILES string of the molecule is O=C(CSc1nccn1Cc1ccccc1Cl)NC1CCCCC1. The summed E-state index contributed by atoms with van der Waals surface area (Å²) in [5, 5.41) is 4.73. The second kappa shape index (κ2) is 8.58. The first-order valence-electron chi connectivity index (χ1n) is 8.39. The van der Waals surface area contributed by atoms with Crippen molar-refractivity contribution in [2.24, 2.45) is 0 Å². The molecule has 0 bridgehead atoms. The van der Waals surface area contributed by atoms with Gasteiger partial charge in [0.2, 0.25) is 5.91 Å². The third kappa shape index (κ3) is 4.77. The number of benzene rings is 1. The fourth-order valence-electron chi connectivity index (χ4n) is 3.01. The standard InChI is InChI=1S/C18H22ClN3OS/c19-16-9-5-4-6-14(16)12-22-11-10-20-18(22)24-13-17(23)21-15-7-2-1-3-8-15/h4-6,9-11,15H,1-3,7-8,12-13H2,(H,21,23). The maximum absolute atomic E-state index is 12.1. The molecule has 4 nitrogen and oxygen atoms in total. The number of aromatic nitrogens is 2. The number of rotatable bonds is 6. The number of thioether (sulfide) groups is 1. The molecule has 1 saturated carbocycles. The first-order chi connectivity index (χ1) is 11.7. The minimum Gasteiger partial charge on any atom is -0.353 e. The smallest absolute Gasteiger partial charge is 0.230 e. The Kier molecular flexibility index (Phi) is 6.21. The first-order valence-corrected chi connectivity index (χ1v) is 9.75. The molecule has 1 aliphatic rings. The van der Waals surface area contributed by atoms with Gasteiger partial charge in [0.05, 0.1) is 12.3 Å². The average Bonchev–Trinajstić information content (AvgIpc) is 3.03. The van der Waals surface area contributed by atoms with Crippen LogP contribution in [0.25, 0.3) is 0 Å². The molecule has 128 valence electrons. The van der Waals surface area contributed by atoms with Gasteiger partial charge in [-0.1, -0.05) is 60.8 Å². The van der Waals surface area contributed by atoms with Crippen LogP contribution in [0.15, 0.2) is 41.8 Å². The summed E-state index contributed by atoms with van der Waals surface area (Å²) >= 11 is 7.70. The molecule has 1 amide bonds.